The second kappa shape index (κ2) is 8.63. The highest BCUT2D eigenvalue weighted by Crippen LogP contribution is 2.38. The molecular formula is C24H30FN3O2. The molecule has 0 bridgehead atoms. The monoisotopic (exact) mass is 411 g/mol. The molecule has 1 spiro atoms. The van der Waals surface area contributed by atoms with E-state index in [-0.39, 0.29) is 5.82 Å². The quantitative estimate of drug-likeness (QED) is 0.754. The molecule has 0 aliphatic carbocycles. The second-order valence-electron chi connectivity index (χ2n) is 8.48. The minimum absolute atomic E-state index is 0.161. The van der Waals surface area contributed by atoms with Crippen molar-refractivity contribution in [3.8, 4) is 0 Å². The largest absolute Gasteiger partial charge is 0.369 e. The summed E-state index contributed by atoms with van der Waals surface area (Å²) in [5.74, 6) is -0.739. The molecule has 0 atom stereocenters. The molecule has 3 aliphatic rings. The summed E-state index contributed by atoms with van der Waals surface area (Å²) >= 11 is 0. The number of nitrogens with zero attached hydrogens (tertiary/aromatic N) is 3. The van der Waals surface area contributed by atoms with Gasteiger partial charge in [0.15, 0.2) is 0 Å². The van der Waals surface area contributed by atoms with Crippen LogP contribution in [0.3, 0.4) is 0 Å². The van der Waals surface area contributed by atoms with Gasteiger partial charge in [0.05, 0.1) is 19.8 Å². The lowest BCUT2D eigenvalue weighted by atomic mass is 9.94. The van der Waals surface area contributed by atoms with Gasteiger partial charge in [-0.25, -0.2) is 4.39 Å². The average Bonchev–Trinajstić information content (AvgIpc) is 3.23. The molecule has 2 saturated heterocycles. The summed E-state index contributed by atoms with van der Waals surface area (Å²) in [4.78, 5) is 7.27. The van der Waals surface area contributed by atoms with E-state index in [0.717, 1.165) is 64.5 Å². The Bertz CT molecular complexity index is 863. The summed E-state index contributed by atoms with van der Waals surface area (Å²) in [7, 11) is 0. The van der Waals surface area contributed by atoms with E-state index in [1.807, 2.05) is 6.07 Å². The van der Waals surface area contributed by atoms with E-state index in [0.29, 0.717) is 13.2 Å². The van der Waals surface area contributed by atoms with Crippen molar-refractivity contribution < 1.29 is 13.9 Å². The zero-order valence-electron chi connectivity index (χ0n) is 17.4. The maximum atomic E-state index is 13.5. The Labute approximate surface area is 178 Å². The number of ether oxygens (including phenoxy) is 2. The molecule has 30 heavy (non-hydrogen) atoms. The van der Waals surface area contributed by atoms with E-state index in [9.17, 15) is 4.39 Å². The SMILES string of the molecule is Fc1cccc(N2CCN(CCCN3Cc4ccccc4C4(C3)OCCO4)CC2)c1. The fraction of sp³-hybridized carbons (Fsp3) is 0.500. The van der Waals surface area contributed by atoms with Gasteiger partial charge >= 0.3 is 0 Å². The zero-order valence-corrected chi connectivity index (χ0v) is 17.4. The third-order valence-electron chi connectivity index (χ3n) is 6.50. The van der Waals surface area contributed by atoms with Gasteiger partial charge in [-0.3, -0.25) is 9.80 Å². The maximum absolute atomic E-state index is 13.5. The third kappa shape index (κ3) is 4.10. The molecule has 5 nitrogen and oxygen atoms in total. The Hall–Kier alpha value is -1.99. The van der Waals surface area contributed by atoms with E-state index in [1.54, 1.807) is 12.1 Å². The molecule has 5 rings (SSSR count). The number of hydrogen-bond acceptors (Lipinski definition) is 5. The number of piperazine rings is 1. The Morgan fingerprint density at radius 3 is 2.43 bits per heavy atom. The Kier molecular flexibility index (Phi) is 5.74. The smallest absolute Gasteiger partial charge is 0.208 e. The first-order chi connectivity index (χ1) is 14.7. The molecule has 2 aromatic rings. The van der Waals surface area contributed by atoms with E-state index in [1.165, 1.54) is 17.2 Å². The molecule has 2 fully saturated rings. The number of halogens is 1. The molecule has 0 amide bonds. The van der Waals surface area contributed by atoms with Crippen LogP contribution in [0.1, 0.15) is 17.5 Å². The molecule has 6 heteroatoms. The fourth-order valence-corrected chi connectivity index (χ4v) is 4.99. The van der Waals surface area contributed by atoms with Crippen molar-refractivity contribution in [1.82, 2.24) is 9.80 Å². The van der Waals surface area contributed by atoms with E-state index in [2.05, 4.69) is 39.0 Å². The Morgan fingerprint density at radius 2 is 1.63 bits per heavy atom. The van der Waals surface area contributed by atoms with Gasteiger partial charge in [-0.1, -0.05) is 30.3 Å². The van der Waals surface area contributed by atoms with Crippen molar-refractivity contribution in [2.45, 2.75) is 18.8 Å². The number of hydrogen-bond donors (Lipinski definition) is 0. The van der Waals surface area contributed by atoms with Gasteiger partial charge in [0.1, 0.15) is 5.82 Å². The zero-order chi connectivity index (χ0) is 20.4. The summed E-state index contributed by atoms with van der Waals surface area (Å²) in [6.45, 7) is 9.16. The second-order valence-corrected chi connectivity index (χ2v) is 8.48. The highest BCUT2D eigenvalue weighted by molar-refractivity contribution is 5.46. The number of rotatable bonds is 5. The van der Waals surface area contributed by atoms with Gasteiger partial charge in [-0.05, 0) is 43.3 Å². The Morgan fingerprint density at radius 1 is 0.867 bits per heavy atom. The van der Waals surface area contributed by atoms with E-state index >= 15 is 0 Å². The lowest BCUT2D eigenvalue weighted by molar-refractivity contribution is -0.187. The van der Waals surface area contributed by atoms with Crippen LogP contribution in [0.25, 0.3) is 0 Å². The summed E-state index contributed by atoms with van der Waals surface area (Å²) in [6.07, 6.45) is 1.12. The highest BCUT2D eigenvalue weighted by Gasteiger charge is 2.44. The minimum atomic E-state index is -0.578. The molecule has 0 aromatic heterocycles. The van der Waals surface area contributed by atoms with Crippen LogP contribution < -0.4 is 4.90 Å². The molecular weight excluding hydrogens is 381 g/mol. The molecule has 0 unspecified atom stereocenters. The Balaban J connectivity index is 1.12. The average molecular weight is 412 g/mol. The van der Waals surface area contributed by atoms with Crippen LogP contribution in [-0.4, -0.2) is 68.8 Å². The summed E-state index contributed by atoms with van der Waals surface area (Å²) in [5.41, 5.74) is 3.50. The van der Waals surface area contributed by atoms with Gasteiger partial charge in [-0.15, -0.1) is 0 Å². The number of anilines is 1. The molecule has 2 aromatic carbocycles. The molecule has 3 heterocycles. The van der Waals surface area contributed by atoms with Crippen LogP contribution in [0.2, 0.25) is 0 Å². The van der Waals surface area contributed by atoms with Crippen LogP contribution in [0, 0.1) is 5.82 Å². The molecule has 160 valence electrons. The highest BCUT2D eigenvalue weighted by atomic mass is 19.1. The van der Waals surface area contributed by atoms with Gasteiger partial charge in [0.2, 0.25) is 5.79 Å². The summed E-state index contributed by atoms with van der Waals surface area (Å²) in [6, 6.07) is 15.4. The van der Waals surface area contributed by atoms with Crippen LogP contribution >= 0.6 is 0 Å². The minimum Gasteiger partial charge on any atom is -0.369 e. The lowest BCUT2D eigenvalue weighted by Gasteiger charge is -2.40. The number of fused-ring (bicyclic) bond motifs is 2. The van der Waals surface area contributed by atoms with E-state index in [4.69, 9.17) is 9.47 Å². The molecule has 3 aliphatic heterocycles. The van der Waals surface area contributed by atoms with Gasteiger partial charge < -0.3 is 14.4 Å². The number of benzene rings is 2. The van der Waals surface area contributed by atoms with Gasteiger partial charge in [-0.2, -0.15) is 0 Å². The topological polar surface area (TPSA) is 28.2 Å². The van der Waals surface area contributed by atoms with Gasteiger partial charge in [0.25, 0.3) is 0 Å². The van der Waals surface area contributed by atoms with Crippen LogP contribution in [0.15, 0.2) is 48.5 Å². The summed E-state index contributed by atoms with van der Waals surface area (Å²) < 4.78 is 25.7. The normalized spacial score (nSPS) is 21.8. The fourth-order valence-electron chi connectivity index (χ4n) is 4.99. The molecule has 0 radical (unpaired) electrons. The lowest BCUT2D eigenvalue weighted by Crippen LogP contribution is -2.48. The van der Waals surface area contributed by atoms with Crippen LogP contribution in [0.5, 0.6) is 0 Å². The third-order valence-corrected chi connectivity index (χ3v) is 6.50. The van der Waals surface area contributed by atoms with Crippen LogP contribution in [-0.2, 0) is 21.8 Å². The first kappa shape index (κ1) is 19.9. The predicted molar refractivity (Wildman–Crippen MR) is 115 cm³/mol. The van der Waals surface area contributed by atoms with Crippen molar-refractivity contribution in [2.75, 3.05) is 63.9 Å². The summed E-state index contributed by atoms with van der Waals surface area (Å²) in [5, 5.41) is 0. The maximum Gasteiger partial charge on any atom is 0.208 e. The van der Waals surface area contributed by atoms with Crippen LogP contribution in [0.4, 0.5) is 10.1 Å². The van der Waals surface area contributed by atoms with Crippen molar-refractivity contribution in [2.24, 2.45) is 0 Å². The first-order valence-electron chi connectivity index (χ1n) is 11.0. The molecule has 0 saturated carbocycles. The standard InChI is InChI=1S/C24H30FN3O2/c25-21-6-3-7-22(17-21)28-13-11-26(12-14-28)9-4-10-27-18-20-5-1-2-8-23(20)24(19-27)29-15-16-30-24/h1-3,5-8,17H,4,9-16,18-19H2. The predicted octanol–water partition coefficient (Wildman–Crippen LogP) is 3.05. The first-order valence-corrected chi connectivity index (χ1v) is 11.0. The van der Waals surface area contributed by atoms with Crippen molar-refractivity contribution in [3.05, 3.63) is 65.5 Å². The van der Waals surface area contributed by atoms with Crippen molar-refractivity contribution in [1.29, 1.82) is 0 Å². The molecule has 0 N–H and O–H groups in total. The van der Waals surface area contributed by atoms with Crippen molar-refractivity contribution >= 4 is 5.69 Å². The van der Waals surface area contributed by atoms with Gasteiger partial charge in [0, 0.05) is 44.0 Å². The van der Waals surface area contributed by atoms with E-state index < -0.39 is 5.79 Å². The van der Waals surface area contributed by atoms with Crippen molar-refractivity contribution in [3.63, 3.8) is 0 Å².